The van der Waals surface area contributed by atoms with E-state index >= 15 is 0 Å². The summed E-state index contributed by atoms with van der Waals surface area (Å²) >= 11 is 0. The lowest BCUT2D eigenvalue weighted by Gasteiger charge is -2.42. The average molecular weight is 156 g/mol. The molecule has 2 N–H and O–H groups in total. The molecular formula is C8H16N2O. The number of fused-ring (bicyclic) bond motifs is 2. The summed E-state index contributed by atoms with van der Waals surface area (Å²) in [6.07, 6.45) is 1.81. The van der Waals surface area contributed by atoms with Crippen molar-refractivity contribution >= 4 is 0 Å². The molecule has 0 aromatic carbocycles. The molecule has 3 nitrogen and oxygen atoms in total. The maximum Gasteiger partial charge on any atom is 0.0570 e. The van der Waals surface area contributed by atoms with Crippen molar-refractivity contribution in [3.05, 3.63) is 0 Å². The Bertz CT molecular complexity index is 118. The molecule has 0 aliphatic carbocycles. The quantitative estimate of drug-likeness (QED) is 0.492. The van der Waals surface area contributed by atoms with Crippen molar-refractivity contribution in [1.29, 1.82) is 0 Å². The van der Waals surface area contributed by atoms with Crippen molar-refractivity contribution in [2.75, 3.05) is 20.1 Å². The number of hydrogen-bond acceptors (Lipinski definition) is 3. The summed E-state index contributed by atoms with van der Waals surface area (Å²) in [5.41, 5.74) is 0. The van der Waals surface area contributed by atoms with Crippen molar-refractivity contribution in [2.45, 2.75) is 31.0 Å². The van der Waals surface area contributed by atoms with Gasteiger partial charge < -0.3 is 15.3 Å². The zero-order valence-electron chi connectivity index (χ0n) is 6.95. The Morgan fingerprint density at radius 1 is 1.27 bits per heavy atom. The van der Waals surface area contributed by atoms with Gasteiger partial charge in [-0.05, 0) is 19.9 Å². The van der Waals surface area contributed by atoms with E-state index in [1.165, 1.54) is 0 Å². The van der Waals surface area contributed by atoms with Crippen molar-refractivity contribution in [3.63, 3.8) is 0 Å². The molecule has 0 spiro atoms. The van der Waals surface area contributed by atoms with Crippen LogP contribution in [0.3, 0.4) is 0 Å². The SMILES string of the molecule is CN1CC2CC(O)C[C@H](C1)N2. The third-order valence-electron chi connectivity index (χ3n) is 2.65. The highest BCUT2D eigenvalue weighted by molar-refractivity contribution is 4.92. The summed E-state index contributed by atoms with van der Waals surface area (Å²) in [5, 5.41) is 13.0. The standard InChI is InChI=1S/C8H16N2O/c1-10-4-6-2-8(11)3-7(5-10)9-6/h6-9,11H,2-5H2,1H3/t6-,7?,8?/m1/s1. The van der Waals surface area contributed by atoms with Crippen LogP contribution in [-0.4, -0.2) is 48.3 Å². The minimum Gasteiger partial charge on any atom is -0.393 e. The number of nitrogens with zero attached hydrogens (tertiary/aromatic N) is 1. The number of likely N-dealkylation sites (N-methyl/N-ethyl adjacent to an activating group) is 1. The number of aliphatic hydroxyl groups excluding tert-OH is 1. The van der Waals surface area contributed by atoms with Crippen LogP contribution >= 0.6 is 0 Å². The van der Waals surface area contributed by atoms with Crippen LogP contribution < -0.4 is 5.32 Å². The van der Waals surface area contributed by atoms with Gasteiger partial charge >= 0.3 is 0 Å². The first-order valence-corrected chi connectivity index (χ1v) is 4.36. The van der Waals surface area contributed by atoms with Crippen LogP contribution in [0.25, 0.3) is 0 Å². The minimum absolute atomic E-state index is 0.0556. The molecule has 2 heterocycles. The number of rotatable bonds is 0. The Kier molecular flexibility index (Phi) is 1.87. The van der Waals surface area contributed by atoms with Crippen molar-refractivity contribution in [1.82, 2.24) is 10.2 Å². The molecule has 3 atom stereocenters. The predicted octanol–water partition coefficient (Wildman–Crippen LogP) is -0.587. The van der Waals surface area contributed by atoms with Crippen molar-refractivity contribution < 1.29 is 5.11 Å². The lowest BCUT2D eigenvalue weighted by molar-refractivity contribution is 0.0480. The Labute approximate surface area is 67.4 Å². The zero-order valence-corrected chi connectivity index (χ0v) is 6.95. The second-order valence-electron chi connectivity index (χ2n) is 3.91. The highest BCUT2D eigenvalue weighted by Crippen LogP contribution is 2.18. The number of hydrogen-bond donors (Lipinski definition) is 2. The molecule has 0 radical (unpaired) electrons. The predicted molar refractivity (Wildman–Crippen MR) is 43.4 cm³/mol. The smallest absolute Gasteiger partial charge is 0.0570 e. The molecule has 2 saturated heterocycles. The molecule has 2 aliphatic heterocycles. The fourth-order valence-corrected chi connectivity index (χ4v) is 2.30. The Morgan fingerprint density at radius 3 is 2.36 bits per heavy atom. The Hall–Kier alpha value is -0.120. The Morgan fingerprint density at radius 2 is 1.82 bits per heavy atom. The van der Waals surface area contributed by atoms with Gasteiger partial charge in [0.1, 0.15) is 0 Å². The van der Waals surface area contributed by atoms with E-state index in [1.807, 2.05) is 0 Å². The molecule has 2 aliphatic rings. The summed E-state index contributed by atoms with van der Waals surface area (Å²) in [5.74, 6) is 0. The van der Waals surface area contributed by atoms with E-state index in [1.54, 1.807) is 0 Å². The van der Waals surface area contributed by atoms with Crippen LogP contribution in [-0.2, 0) is 0 Å². The van der Waals surface area contributed by atoms with Crippen molar-refractivity contribution in [3.8, 4) is 0 Å². The number of nitrogens with one attached hydrogen (secondary N) is 1. The van der Waals surface area contributed by atoms with Gasteiger partial charge in [-0.3, -0.25) is 0 Å². The van der Waals surface area contributed by atoms with Gasteiger partial charge in [-0.2, -0.15) is 0 Å². The maximum atomic E-state index is 9.44. The monoisotopic (exact) mass is 156 g/mol. The molecule has 0 amide bonds. The summed E-state index contributed by atoms with van der Waals surface area (Å²) in [7, 11) is 2.15. The fourth-order valence-electron chi connectivity index (χ4n) is 2.30. The van der Waals surface area contributed by atoms with Crippen LogP contribution in [0.1, 0.15) is 12.8 Å². The van der Waals surface area contributed by atoms with Gasteiger partial charge in [-0.15, -0.1) is 0 Å². The second kappa shape index (κ2) is 2.73. The van der Waals surface area contributed by atoms with Crippen LogP contribution in [0.5, 0.6) is 0 Å². The summed E-state index contributed by atoms with van der Waals surface area (Å²) in [6, 6.07) is 1.06. The topological polar surface area (TPSA) is 35.5 Å². The molecule has 0 saturated carbocycles. The lowest BCUT2D eigenvalue weighted by atomic mass is 9.92. The van der Waals surface area contributed by atoms with Gasteiger partial charge in [0, 0.05) is 25.2 Å². The molecule has 2 fully saturated rings. The first kappa shape index (κ1) is 7.53. The minimum atomic E-state index is -0.0556. The molecule has 3 heteroatoms. The Balaban J connectivity index is 2.00. The number of likely N-dealkylation sites (tertiary alicyclic amines) is 1. The number of piperidine rings is 1. The van der Waals surface area contributed by atoms with Crippen LogP contribution in [0.2, 0.25) is 0 Å². The van der Waals surface area contributed by atoms with E-state index in [0.717, 1.165) is 25.9 Å². The fraction of sp³-hybridized carbons (Fsp3) is 1.00. The largest absolute Gasteiger partial charge is 0.393 e. The van der Waals surface area contributed by atoms with Gasteiger partial charge in [0.05, 0.1) is 6.10 Å². The molecule has 2 rings (SSSR count). The van der Waals surface area contributed by atoms with E-state index in [-0.39, 0.29) is 6.10 Å². The number of aliphatic hydroxyl groups is 1. The van der Waals surface area contributed by atoms with Crippen molar-refractivity contribution in [2.24, 2.45) is 0 Å². The highest BCUT2D eigenvalue weighted by atomic mass is 16.3. The van der Waals surface area contributed by atoms with E-state index in [0.29, 0.717) is 12.1 Å². The van der Waals surface area contributed by atoms with E-state index in [4.69, 9.17) is 0 Å². The zero-order chi connectivity index (χ0) is 7.84. The summed E-state index contributed by atoms with van der Waals surface area (Å²) in [4.78, 5) is 2.34. The molecular weight excluding hydrogens is 140 g/mol. The molecule has 11 heavy (non-hydrogen) atoms. The third-order valence-corrected chi connectivity index (χ3v) is 2.65. The van der Waals surface area contributed by atoms with Gasteiger partial charge in [0.25, 0.3) is 0 Å². The lowest BCUT2D eigenvalue weighted by Crippen LogP contribution is -2.60. The van der Waals surface area contributed by atoms with Gasteiger partial charge in [0.2, 0.25) is 0 Å². The van der Waals surface area contributed by atoms with E-state index in [9.17, 15) is 5.11 Å². The normalized spacial score (nSPS) is 45.8. The molecule has 0 aromatic rings. The first-order chi connectivity index (χ1) is 5.24. The summed E-state index contributed by atoms with van der Waals surface area (Å²) < 4.78 is 0. The third kappa shape index (κ3) is 1.55. The van der Waals surface area contributed by atoms with Gasteiger partial charge in [0.15, 0.2) is 0 Å². The molecule has 64 valence electrons. The molecule has 2 bridgehead atoms. The summed E-state index contributed by atoms with van der Waals surface area (Å²) in [6.45, 7) is 2.18. The molecule has 2 unspecified atom stereocenters. The second-order valence-corrected chi connectivity index (χ2v) is 3.91. The van der Waals surface area contributed by atoms with Crippen LogP contribution in [0.15, 0.2) is 0 Å². The van der Waals surface area contributed by atoms with Crippen LogP contribution in [0.4, 0.5) is 0 Å². The van der Waals surface area contributed by atoms with E-state index < -0.39 is 0 Å². The highest BCUT2D eigenvalue weighted by Gasteiger charge is 2.32. The van der Waals surface area contributed by atoms with E-state index in [2.05, 4.69) is 17.3 Å². The first-order valence-electron chi connectivity index (χ1n) is 4.36. The molecule has 0 aromatic heterocycles. The van der Waals surface area contributed by atoms with Gasteiger partial charge in [-0.25, -0.2) is 0 Å². The number of piperazine rings is 1. The maximum absolute atomic E-state index is 9.44. The van der Waals surface area contributed by atoms with Gasteiger partial charge in [-0.1, -0.05) is 0 Å². The van der Waals surface area contributed by atoms with Crippen LogP contribution in [0, 0.1) is 0 Å². The average Bonchev–Trinajstić information content (AvgIpc) is 1.82.